The van der Waals surface area contributed by atoms with Crippen molar-refractivity contribution >= 4 is 42.5 Å². The van der Waals surface area contributed by atoms with Crippen molar-refractivity contribution in [2.45, 2.75) is 31.4 Å². The zero-order valence-electron chi connectivity index (χ0n) is 15.0. The van der Waals surface area contributed by atoms with Gasteiger partial charge in [0.2, 0.25) is 10.0 Å². The van der Waals surface area contributed by atoms with E-state index in [-0.39, 0.29) is 28.8 Å². The van der Waals surface area contributed by atoms with Crippen LogP contribution in [0, 0.1) is 18.6 Å². The molecule has 1 saturated carbocycles. The third-order valence-electron chi connectivity index (χ3n) is 4.89. The molecule has 4 rings (SSSR count). The molecule has 0 radical (unpaired) electrons. The molecule has 146 valence electrons. The first-order valence-electron chi connectivity index (χ1n) is 8.78. The summed E-state index contributed by atoms with van der Waals surface area (Å²) in [5.74, 6) is -1.14. The lowest BCUT2D eigenvalue weighted by molar-refractivity contribution is 0.599. The molecule has 1 aromatic heterocycles. The molecule has 8 heteroatoms. The van der Waals surface area contributed by atoms with Crippen molar-refractivity contribution in [2.75, 3.05) is 4.72 Å². The van der Waals surface area contributed by atoms with Crippen molar-refractivity contribution in [3.05, 3.63) is 69.3 Å². The first-order chi connectivity index (χ1) is 13.3. The van der Waals surface area contributed by atoms with Gasteiger partial charge in [0.25, 0.3) is 0 Å². The van der Waals surface area contributed by atoms with Crippen LogP contribution in [0.1, 0.15) is 29.5 Å². The molecule has 0 bridgehead atoms. The summed E-state index contributed by atoms with van der Waals surface area (Å²) in [6.07, 6.45) is 2.57. The Bertz CT molecular complexity index is 1190. The number of halogens is 3. The van der Waals surface area contributed by atoms with Crippen LogP contribution >= 0.6 is 15.9 Å². The van der Waals surface area contributed by atoms with E-state index < -0.39 is 26.9 Å². The van der Waals surface area contributed by atoms with Crippen LogP contribution in [0.25, 0.3) is 10.9 Å². The summed E-state index contributed by atoms with van der Waals surface area (Å²) in [5.41, 5.74) is 1.39. The number of hydrogen-bond acceptors (Lipinski definition) is 3. The highest BCUT2D eigenvalue weighted by atomic mass is 79.9. The van der Waals surface area contributed by atoms with Crippen LogP contribution in [-0.2, 0) is 16.4 Å². The summed E-state index contributed by atoms with van der Waals surface area (Å²) in [6.45, 7) is 1.80. The molecule has 1 N–H and O–H groups in total. The average molecular weight is 467 g/mol. The summed E-state index contributed by atoms with van der Waals surface area (Å²) < 4.78 is 57.8. The number of aryl methyl sites for hydroxylation is 1. The number of rotatable bonds is 5. The normalized spacial score (nSPS) is 14.4. The highest BCUT2D eigenvalue weighted by molar-refractivity contribution is 9.10. The van der Waals surface area contributed by atoms with E-state index in [1.807, 2.05) is 0 Å². The van der Waals surface area contributed by atoms with Crippen molar-refractivity contribution in [3.63, 3.8) is 0 Å². The van der Waals surface area contributed by atoms with E-state index in [9.17, 15) is 12.8 Å². The molecule has 2 aromatic carbocycles. The van der Waals surface area contributed by atoms with Crippen molar-refractivity contribution in [1.29, 1.82) is 0 Å². The fourth-order valence-corrected chi connectivity index (χ4v) is 4.90. The van der Waals surface area contributed by atoms with Gasteiger partial charge in [-0.3, -0.25) is 9.71 Å². The van der Waals surface area contributed by atoms with Crippen LogP contribution in [0.15, 0.2) is 41.0 Å². The van der Waals surface area contributed by atoms with Crippen LogP contribution in [0.4, 0.5) is 14.5 Å². The van der Waals surface area contributed by atoms with Gasteiger partial charge in [-0.05, 0) is 55.2 Å². The van der Waals surface area contributed by atoms with E-state index >= 15 is 4.39 Å². The number of nitrogens with one attached hydrogen (secondary N) is 1. The van der Waals surface area contributed by atoms with Crippen LogP contribution < -0.4 is 4.72 Å². The van der Waals surface area contributed by atoms with E-state index in [4.69, 9.17) is 0 Å². The molecule has 3 aromatic rings. The second-order valence-corrected chi connectivity index (χ2v) is 9.88. The Morgan fingerprint density at radius 3 is 2.64 bits per heavy atom. The quantitative estimate of drug-likeness (QED) is 0.570. The number of sulfonamides is 1. The molecule has 1 heterocycles. The molecule has 1 aliphatic rings. The lowest BCUT2D eigenvalue weighted by Gasteiger charge is -2.16. The molecule has 0 atom stereocenters. The monoisotopic (exact) mass is 466 g/mol. The second kappa shape index (κ2) is 7.08. The van der Waals surface area contributed by atoms with Crippen LogP contribution in [-0.4, -0.2) is 18.7 Å². The average Bonchev–Trinajstić information content (AvgIpc) is 3.46. The van der Waals surface area contributed by atoms with Gasteiger partial charge < -0.3 is 0 Å². The van der Waals surface area contributed by atoms with Gasteiger partial charge in [0.05, 0.1) is 10.9 Å². The highest BCUT2D eigenvalue weighted by Gasteiger charge is 2.36. The van der Waals surface area contributed by atoms with Crippen LogP contribution in [0.3, 0.4) is 0 Å². The topological polar surface area (TPSA) is 59.1 Å². The summed E-state index contributed by atoms with van der Waals surface area (Å²) in [4.78, 5) is 4.11. The Labute approximate surface area is 170 Å². The van der Waals surface area contributed by atoms with Gasteiger partial charge >= 0.3 is 0 Å². The van der Waals surface area contributed by atoms with E-state index in [1.54, 1.807) is 31.2 Å². The molecule has 4 nitrogen and oxygen atoms in total. The number of benzene rings is 2. The number of pyridine rings is 1. The molecular formula is C20H17BrF2N2O2S. The molecule has 0 unspecified atom stereocenters. The predicted molar refractivity (Wildman–Crippen MR) is 109 cm³/mol. The minimum Gasteiger partial charge on any atom is -0.283 e. The first-order valence-corrected chi connectivity index (χ1v) is 11.1. The minimum absolute atomic E-state index is 0.0797. The Hall–Kier alpha value is -2.06. The lowest BCUT2D eigenvalue weighted by atomic mass is 9.99. The number of anilines is 1. The molecule has 0 spiro atoms. The standard InChI is InChI=1S/C20H17BrF2N2O2S/c1-11-6-7-24-20-15(11)10-18(25-28(26,27)14-4-5-14)16(19(20)23)8-12-2-3-13(21)9-17(12)22/h2-3,6-7,9-10,14,25H,4-5,8H2,1H3. The lowest BCUT2D eigenvalue weighted by Crippen LogP contribution is -2.19. The molecule has 1 fully saturated rings. The fourth-order valence-electron chi connectivity index (χ4n) is 3.15. The maximum Gasteiger partial charge on any atom is 0.235 e. The molecule has 1 aliphatic carbocycles. The maximum atomic E-state index is 15.4. The Balaban J connectivity index is 1.88. The van der Waals surface area contributed by atoms with Gasteiger partial charge in [0.1, 0.15) is 11.3 Å². The van der Waals surface area contributed by atoms with Crippen LogP contribution in [0.2, 0.25) is 0 Å². The molecule has 0 aliphatic heterocycles. The Kier molecular flexibility index (Phi) is 4.87. The van der Waals surface area contributed by atoms with Gasteiger partial charge in [-0.25, -0.2) is 17.2 Å². The van der Waals surface area contributed by atoms with E-state index in [1.165, 1.54) is 12.3 Å². The van der Waals surface area contributed by atoms with Gasteiger partial charge in [-0.1, -0.05) is 22.0 Å². The van der Waals surface area contributed by atoms with Crippen molar-refractivity contribution in [1.82, 2.24) is 4.98 Å². The third-order valence-corrected chi connectivity index (χ3v) is 7.24. The van der Waals surface area contributed by atoms with Crippen LogP contribution in [0.5, 0.6) is 0 Å². The smallest absolute Gasteiger partial charge is 0.235 e. The predicted octanol–water partition coefficient (Wildman–Crippen LogP) is 5.08. The zero-order chi connectivity index (χ0) is 20.1. The number of hydrogen-bond donors (Lipinski definition) is 1. The summed E-state index contributed by atoms with van der Waals surface area (Å²) >= 11 is 3.20. The Morgan fingerprint density at radius 2 is 1.96 bits per heavy atom. The SMILES string of the molecule is Cc1ccnc2c(F)c(Cc3ccc(Br)cc3F)c(NS(=O)(=O)C3CC3)cc12. The molecule has 0 amide bonds. The highest BCUT2D eigenvalue weighted by Crippen LogP contribution is 2.35. The second-order valence-electron chi connectivity index (χ2n) is 7.00. The first kappa shape index (κ1) is 19.3. The van der Waals surface area contributed by atoms with E-state index in [2.05, 4.69) is 25.6 Å². The number of fused-ring (bicyclic) bond motifs is 1. The maximum absolute atomic E-state index is 15.4. The van der Waals surface area contributed by atoms with Gasteiger partial charge in [0, 0.05) is 28.0 Å². The van der Waals surface area contributed by atoms with Crippen molar-refractivity contribution < 1.29 is 17.2 Å². The minimum atomic E-state index is -3.61. The molecule has 28 heavy (non-hydrogen) atoms. The fraction of sp³-hybridized carbons (Fsp3) is 0.250. The zero-order valence-corrected chi connectivity index (χ0v) is 17.4. The van der Waals surface area contributed by atoms with Gasteiger partial charge in [-0.15, -0.1) is 0 Å². The van der Waals surface area contributed by atoms with E-state index in [0.29, 0.717) is 22.7 Å². The van der Waals surface area contributed by atoms with E-state index in [0.717, 1.165) is 5.56 Å². The van der Waals surface area contributed by atoms with Crippen molar-refractivity contribution in [2.24, 2.45) is 0 Å². The van der Waals surface area contributed by atoms with Gasteiger partial charge in [0.15, 0.2) is 5.82 Å². The number of aromatic nitrogens is 1. The third kappa shape index (κ3) is 3.63. The number of nitrogens with zero attached hydrogens (tertiary/aromatic N) is 1. The van der Waals surface area contributed by atoms with Crippen molar-refractivity contribution in [3.8, 4) is 0 Å². The summed E-state index contributed by atoms with van der Waals surface area (Å²) in [6, 6.07) is 7.83. The molecule has 0 saturated heterocycles. The molecular weight excluding hydrogens is 450 g/mol. The summed E-state index contributed by atoms with van der Waals surface area (Å²) in [7, 11) is -3.61. The largest absolute Gasteiger partial charge is 0.283 e. The van der Waals surface area contributed by atoms with Gasteiger partial charge in [-0.2, -0.15) is 0 Å². The summed E-state index contributed by atoms with van der Waals surface area (Å²) in [5, 5.41) is 0.0621. The Morgan fingerprint density at radius 1 is 1.21 bits per heavy atom.